The first-order valence-electron chi connectivity index (χ1n) is 8.39. The normalized spacial score (nSPS) is 16.3. The number of esters is 1. The second-order valence-electron chi connectivity index (χ2n) is 6.19. The summed E-state index contributed by atoms with van der Waals surface area (Å²) in [4.78, 5) is 24.7. The second kappa shape index (κ2) is 8.11. The molecule has 0 saturated carbocycles. The predicted molar refractivity (Wildman–Crippen MR) is 99.5 cm³/mol. The number of halogens is 1. The molecule has 1 N–H and O–H groups in total. The highest BCUT2D eigenvalue weighted by Gasteiger charge is 2.30. The molecule has 3 rings (SSSR count). The van der Waals surface area contributed by atoms with Crippen molar-refractivity contribution in [2.24, 2.45) is 5.92 Å². The Morgan fingerprint density at radius 3 is 2.89 bits per heavy atom. The number of carbonyl (C=O) groups excluding carboxylic acids is 2. The van der Waals surface area contributed by atoms with Crippen molar-refractivity contribution in [2.45, 2.75) is 19.4 Å². The van der Waals surface area contributed by atoms with Crippen molar-refractivity contribution >= 4 is 29.2 Å². The lowest BCUT2D eigenvalue weighted by molar-refractivity contribution is -0.158. The van der Waals surface area contributed by atoms with E-state index in [1.165, 1.54) is 6.92 Å². The largest absolute Gasteiger partial charge is 0.492 e. The minimum absolute atomic E-state index is 0.180. The highest BCUT2D eigenvalue weighted by molar-refractivity contribution is 6.30. The molecule has 0 aliphatic carbocycles. The summed E-state index contributed by atoms with van der Waals surface area (Å²) in [5, 5.41) is 12.2. The zero-order chi connectivity index (χ0) is 19.4. The van der Waals surface area contributed by atoms with Crippen LogP contribution in [0.5, 0.6) is 5.75 Å². The molecule has 0 fully saturated rings. The van der Waals surface area contributed by atoms with E-state index < -0.39 is 23.9 Å². The average molecular weight is 385 g/mol. The lowest BCUT2D eigenvalue weighted by atomic mass is 9.97. The predicted octanol–water partition coefficient (Wildman–Crippen LogP) is 3.33. The number of ether oxygens (including phenoxy) is 2. The van der Waals surface area contributed by atoms with E-state index in [-0.39, 0.29) is 6.61 Å². The standard InChI is InChI=1S/C20H17ClN2O4/c1-12(19(24)23-17-5-3-2-4-13(17)10-22)27-20(25)15-8-14-9-16(21)6-7-18(14)26-11-15/h2-7,9,12,15H,8,11H2,1H3,(H,23,24)/t12-,15-/m1/s1. The first kappa shape index (κ1) is 18.7. The van der Waals surface area contributed by atoms with Crippen LogP contribution in [0.2, 0.25) is 5.02 Å². The molecule has 0 unspecified atom stereocenters. The van der Waals surface area contributed by atoms with Crippen molar-refractivity contribution in [3.05, 3.63) is 58.6 Å². The highest BCUT2D eigenvalue weighted by atomic mass is 35.5. The first-order valence-corrected chi connectivity index (χ1v) is 8.77. The Morgan fingerprint density at radius 2 is 2.11 bits per heavy atom. The van der Waals surface area contributed by atoms with Crippen LogP contribution in [0.4, 0.5) is 5.69 Å². The molecule has 1 aliphatic rings. The lowest BCUT2D eigenvalue weighted by Gasteiger charge is -2.25. The van der Waals surface area contributed by atoms with Crippen LogP contribution in [0.15, 0.2) is 42.5 Å². The number of rotatable bonds is 4. The summed E-state index contributed by atoms with van der Waals surface area (Å²) < 4.78 is 10.9. The van der Waals surface area contributed by atoms with E-state index in [9.17, 15) is 9.59 Å². The summed E-state index contributed by atoms with van der Waals surface area (Å²) in [6.07, 6.45) is -0.578. The van der Waals surface area contributed by atoms with E-state index in [1.807, 2.05) is 6.07 Å². The smallest absolute Gasteiger partial charge is 0.313 e. The number of benzene rings is 2. The van der Waals surface area contributed by atoms with E-state index in [0.717, 1.165) is 5.56 Å². The third kappa shape index (κ3) is 4.39. The number of nitrogens with one attached hydrogen (secondary N) is 1. The van der Waals surface area contributed by atoms with Crippen LogP contribution < -0.4 is 10.1 Å². The molecular weight excluding hydrogens is 368 g/mol. The summed E-state index contributed by atoms with van der Waals surface area (Å²) in [7, 11) is 0. The van der Waals surface area contributed by atoms with Gasteiger partial charge in [-0.15, -0.1) is 0 Å². The van der Waals surface area contributed by atoms with Crippen LogP contribution in [0.1, 0.15) is 18.1 Å². The fourth-order valence-corrected chi connectivity index (χ4v) is 2.96. The van der Waals surface area contributed by atoms with Crippen molar-refractivity contribution in [1.29, 1.82) is 5.26 Å². The van der Waals surface area contributed by atoms with Gasteiger partial charge in [0.25, 0.3) is 5.91 Å². The van der Waals surface area contributed by atoms with Gasteiger partial charge in [-0.3, -0.25) is 9.59 Å². The van der Waals surface area contributed by atoms with Crippen LogP contribution in [-0.2, 0) is 20.7 Å². The maximum atomic E-state index is 12.4. The first-order chi connectivity index (χ1) is 13.0. The Kier molecular flexibility index (Phi) is 5.63. The third-order valence-electron chi connectivity index (χ3n) is 4.23. The number of fused-ring (bicyclic) bond motifs is 1. The van der Waals surface area contributed by atoms with Gasteiger partial charge in [0.2, 0.25) is 0 Å². The molecular formula is C20H17ClN2O4. The topological polar surface area (TPSA) is 88.4 Å². The van der Waals surface area contributed by atoms with E-state index >= 15 is 0 Å². The molecule has 1 aliphatic heterocycles. The number of hydrogen-bond donors (Lipinski definition) is 1. The number of anilines is 1. The van der Waals surface area contributed by atoms with Crippen LogP contribution in [0.3, 0.4) is 0 Å². The Morgan fingerprint density at radius 1 is 1.33 bits per heavy atom. The van der Waals surface area contributed by atoms with Crippen LogP contribution in [0.25, 0.3) is 0 Å². The molecule has 27 heavy (non-hydrogen) atoms. The van der Waals surface area contributed by atoms with Crippen LogP contribution in [0, 0.1) is 17.2 Å². The van der Waals surface area contributed by atoms with Gasteiger partial charge in [0, 0.05) is 5.02 Å². The maximum Gasteiger partial charge on any atom is 0.313 e. The van der Waals surface area contributed by atoms with E-state index in [1.54, 1.807) is 42.5 Å². The summed E-state index contributed by atoms with van der Waals surface area (Å²) in [5.41, 5.74) is 1.53. The van der Waals surface area contributed by atoms with E-state index in [2.05, 4.69) is 5.32 Å². The maximum absolute atomic E-state index is 12.4. The minimum Gasteiger partial charge on any atom is -0.492 e. The van der Waals surface area contributed by atoms with Gasteiger partial charge < -0.3 is 14.8 Å². The van der Waals surface area contributed by atoms with Gasteiger partial charge >= 0.3 is 5.97 Å². The Bertz CT molecular complexity index is 922. The zero-order valence-electron chi connectivity index (χ0n) is 14.6. The van der Waals surface area contributed by atoms with Crippen molar-refractivity contribution in [2.75, 3.05) is 11.9 Å². The zero-order valence-corrected chi connectivity index (χ0v) is 15.3. The van der Waals surface area contributed by atoms with Gasteiger partial charge in [-0.1, -0.05) is 23.7 Å². The second-order valence-corrected chi connectivity index (χ2v) is 6.63. The summed E-state index contributed by atoms with van der Waals surface area (Å²) in [6.45, 7) is 1.66. The van der Waals surface area contributed by atoms with Gasteiger partial charge in [-0.05, 0) is 49.2 Å². The number of amides is 1. The van der Waals surface area contributed by atoms with Gasteiger partial charge in [-0.2, -0.15) is 5.26 Å². The monoisotopic (exact) mass is 384 g/mol. The minimum atomic E-state index is -1.01. The molecule has 0 radical (unpaired) electrons. The van der Waals surface area contributed by atoms with Gasteiger partial charge in [-0.25, -0.2) is 0 Å². The van der Waals surface area contributed by atoms with E-state index in [4.69, 9.17) is 26.3 Å². The van der Waals surface area contributed by atoms with Crippen molar-refractivity contribution in [1.82, 2.24) is 0 Å². The third-order valence-corrected chi connectivity index (χ3v) is 4.46. The summed E-state index contributed by atoms with van der Waals surface area (Å²) >= 11 is 5.98. The van der Waals surface area contributed by atoms with Crippen molar-refractivity contribution in [3.63, 3.8) is 0 Å². The van der Waals surface area contributed by atoms with Gasteiger partial charge in [0.05, 0.1) is 17.2 Å². The number of nitriles is 1. The molecule has 0 spiro atoms. The molecule has 0 bridgehead atoms. The Labute approximate surface area is 161 Å². The molecule has 0 aromatic heterocycles. The molecule has 0 saturated heterocycles. The SMILES string of the molecule is C[C@@H](OC(=O)[C@H]1COc2ccc(Cl)cc2C1)C(=O)Nc1ccccc1C#N. The summed E-state index contributed by atoms with van der Waals surface area (Å²) in [5.74, 6) is -0.844. The highest BCUT2D eigenvalue weighted by Crippen LogP contribution is 2.30. The van der Waals surface area contributed by atoms with Crippen molar-refractivity contribution in [3.8, 4) is 11.8 Å². The molecule has 1 amide bonds. The fraction of sp³-hybridized carbons (Fsp3) is 0.250. The average Bonchev–Trinajstić information content (AvgIpc) is 2.67. The molecule has 2 aromatic carbocycles. The Balaban J connectivity index is 1.60. The van der Waals surface area contributed by atoms with Crippen LogP contribution in [-0.4, -0.2) is 24.6 Å². The fourth-order valence-electron chi connectivity index (χ4n) is 2.76. The summed E-state index contributed by atoms with van der Waals surface area (Å²) in [6, 6.07) is 13.9. The van der Waals surface area contributed by atoms with Gasteiger partial charge in [0.15, 0.2) is 6.10 Å². The molecule has 2 aromatic rings. The number of carbonyl (C=O) groups is 2. The molecule has 6 nitrogen and oxygen atoms in total. The van der Waals surface area contributed by atoms with Crippen molar-refractivity contribution < 1.29 is 19.1 Å². The molecule has 7 heteroatoms. The number of hydrogen-bond acceptors (Lipinski definition) is 5. The number of nitrogens with zero attached hydrogens (tertiary/aromatic N) is 1. The number of para-hydroxylation sites is 1. The Hall–Kier alpha value is -3.04. The van der Waals surface area contributed by atoms with E-state index in [0.29, 0.717) is 28.4 Å². The molecule has 1 heterocycles. The quantitative estimate of drug-likeness (QED) is 0.817. The molecule has 2 atom stereocenters. The van der Waals surface area contributed by atoms with Crippen LogP contribution >= 0.6 is 11.6 Å². The molecule has 138 valence electrons. The lowest BCUT2D eigenvalue weighted by Crippen LogP contribution is -2.36. The van der Waals surface area contributed by atoms with Gasteiger partial charge in [0.1, 0.15) is 18.4 Å².